The van der Waals surface area contributed by atoms with Gasteiger partial charge in [0.2, 0.25) is 15.9 Å². The smallest absolute Gasteiger partial charge is 0.251 e. The third kappa shape index (κ3) is 4.59. The van der Waals surface area contributed by atoms with Crippen molar-refractivity contribution in [3.8, 4) is 0 Å². The van der Waals surface area contributed by atoms with Crippen molar-refractivity contribution in [3.05, 3.63) is 58.5 Å². The molecule has 0 saturated heterocycles. The largest absolute Gasteiger partial charge is 0.325 e. The van der Waals surface area contributed by atoms with Crippen molar-refractivity contribution in [2.75, 3.05) is 18.4 Å². The van der Waals surface area contributed by atoms with Crippen molar-refractivity contribution < 1.29 is 13.2 Å². The molecule has 0 fully saturated rings. The first-order valence-corrected chi connectivity index (χ1v) is 9.79. The van der Waals surface area contributed by atoms with Crippen molar-refractivity contribution in [1.29, 1.82) is 0 Å². The van der Waals surface area contributed by atoms with Gasteiger partial charge in [-0.1, -0.05) is 13.8 Å². The van der Waals surface area contributed by atoms with E-state index >= 15 is 0 Å². The number of pyridine rings is 1. The average molecular weight is 377 g/mol. The summed E-state index contributed by atoms with van der Waals surface area (Å²) in [5, 5.41) is 2.66. The van der Waals surface area contributed by atoms with Gasteiger partial charge >= 0.3 is 0 Å². The SMILES string of the molecule is CCN(CC)S(=O)(=O)c1ccc(NC(=O)Cn2ccc(C)cc2=O)cc1. The Balaban J connectivity index is 2.09. The van der Waals surface area contributed by atoms with Crippen LogP contribution in [-0.4, -0.2) is 36.3 Å². The molecule has 0 aliphatic rings. The number of nitrogens with one attached hydrogen (secondary N) is 1. The van der Waals surface area contributed by atoms with Gasteiger partial charge in [0.05, 0.1) is 4.90 Å². The Hall–Kier alpha value is -2.45. The highest BCUT2D eigenvalue weighted by atomic mass is 32.2. The second kappa shape index (κ2) is 8.29. The summed E-state index contributed by atoms with van der Waals surface area (Å²) in [6, 6.07) is 9.20. The fourth-order valence-electron chi connectivity index (χ4n) is 2.52. The van der Waals surface area contributed by atoms with E-state index < -0.39 is 10.0 Å². The fraction of sp³-hybridized carbons (Fsp3) is 0.333. The van der Waals surface area contributed by atoms with Crippen molar-refractivity contribution in [1.82, 2.24) is 8.87 Å². The van der Waals surface area contributed by atoms with E-state index in [1.807, 2.05) is 0 Å². The minimum atomic E-state index is -3.53. The summed E-state index contributed by atoms with van der Waals surface area (Å²) in [5.41, 5.74) is 1.05. The van der Waals surface area contributed by atoms with Crippen LogP contribution >= 0.6 is 0 Å². The molecule has 0 atom stereocenters. The summed E-state index contributed by atoms with van der Waals surface area (Å²) in [6.45, 7) is 6.04. The molecule has 7 nitrogen and oxygen atoms in total. The molecule has 1 amide bonds. The minimum absolute atomic E-state index is 0.112. The molecule has 1 N–H and O–H groups in total. The predicted molar refractivity (Wildman–Crippen MR) is 101 cm³/mol. The number of anilines is 1. The van der Waals surface area contributed by atoms with Gasteiger partial charge in [-0.3, -0.25) is 9.59 Å². The van der Waals surface area contributed by atoms with Gasteiger partial charge in [-0.2, -0.15) is 4.31 Å². The normalized spacial score (nSPS) is 11.5. The lowest BCUT2D eigenvalue weighted by atomic mass is 10.3. The highest BCUT2D eigenvalue weighted by Gasteiger charge is 2.21. The van der Waals surface area contributed by atoms with Crippen LogP contribution < -0.4 is 10.9 Å². The van der Waals surface area contributed by atoms with Crippen LogP contribution in [0.1, 0.15) is 19.4 Å². The molecule has 0 unspecified atom stereocenters. The highest BCUT2D eigenvalue weighted by Crippen LogP contribution is 2.18. The lowest BCUT2D eigenvalue weighted by Crippen LogP contribution is -2.30. The fourth-order valence-corrected chi connectivity index (χ4v) is 3.97. The quantitative estimate of drug-likeness (QED) is 0.797. The van der Waals surface area contributed by atoms with Crippen LogP contribution in [0.5, 0.6) is 0 Å². The van der Waals surface area contributed by atoms with Gasteiger partial charge < -0.3 is 9.88 Å². The molecule has 8 heteroatoms. The zero-order valence-electron chi connectivity index (χ0n) is 15.1. The molecule has 26 heavy (non-hydrogen) atoms. The van der Waals surface area contributed by atoms with Gasteiger partial charge in [-0.25, -0.2) is 8.42 Å². The van der Waals surface area contributed by atoms with Gasteiger partial charge in [0.1, 0.15) is 6.54 Å². The van der Waals surface area contributed by atoms with E-state index in [9.17, 15) is 18.0 Å². The second-order valence-electron chi connectivity index (χ2n) is 5.83. The van der Waals surface area contributed by atoms with E-state index in [1.54, 1.807) is 33.0 Å². The number of nitrogens with zero attached hydrogens (tertiary/aromatic N) is 2. The Morgan fingerprint density at radius 3 is 2.27 bits per heavy atom. The number of amides is 1. The van der Waals surface area contributed by atoms with Crippen molar-refractivity contribution in [2.24, 2.45) is 0 Å². The Labute approximate surface area is 153 Å². The van der Waals surface area contributed by atoms with Crippen molar-refractivity contribution in [2.45, 2.75) is 32.2 Å². The Morgan fingerprint density at radius 2 is 1.73 bits per heavy atom. The first-order chi connectivity index (χ1) is 12.3. The number of aryl methyl sites for hydroxylation is 1. The van der Waals surface area contributed by atoms with Crippen LogP contribution in [0.4, 0.5) is 5.69 Å². The predicted octanol–water partition coefficient (Wildman–Crippen LogP) is 1.83. The van der Waals surface area contributed by atoms with Crippen LogP contribution in [-0.2, 0) is 21.4 Å². The van der Waals surface area contributed by atoms with Crippen LogP contribution in [0, 0.1) is 6.92 Å². The van der Waals surface area contributed by atoms with Gasteiger partial charge in [0.25, 0.3) is 5.56 Å². The highest BCUT2D eigenvalue weighted by molar-refractivity contribution is 7.89. The summed E-state index contributed by atoms with van der Waals surface area (Å²) < 4.78 is 27.5. The number of carbonyl (C=O) groups is 1. The number of rotatable bonds is 7. The van der Waals surface area contributed by atoms with E-state index in [4.69, 9.17) is 0 Å². The number of aromatic nitrogens is 1. The summed E-state index contributed by atoms with van der Waals surface area (Å²) in [6.07, 6.45) is 1.57. The molecule has 0 radical (unpaired) electrons. The Morgan fingerprint density at radius 1 is 1.12 bits per heavy atom. The molecule has 1 heterocycles. The van der Waals surface area contributed by atoms with Crippen LogP contribution in [0.25, 0.3) is 0 Å². The maximum Gasteiger partial charge on any atom is 0.251 e. The topological polar surface area (TPSA) is 88.5 Å². The van der Waals surface area contributed by atoms with Gasteiger partial charge in [0.15, 0.2) is 0 Å². The maximum atomic E-state index is 12.4. The molecule has 0 aliphatic carbocycles. The molecule has 140 valence electrons. The van der Waals surface area contributed by atoms with E-state index in [0.717, 1.165) is 5.56 Å². The molecule has 1 aromatic heterocycles. The molecule has 0 bridgehead atoms. The first kappa shape index (κ1) is 19.9. The van der Waals surface area contributed by atoms with E-state index in [0.29, 0.717) is 18.8 Å². The monoisotopic (exact) mass is 377 g/mol. The molecular weight excluding hydrogens is 354 g/mol. The van der Waals surface area contributed by atoms with Gasteiger partial charge in [-0.05, 0) is 42.8 Å². The molecular formula is C18H23N3O4S. The van der Waals surface area contributed by atoms with Crippen molar-refractivity contribution >= 4 is 21.6 Å². The third-order valence-corrected chi connectivity index (χ3v) is 6.01. The summed E-state index contributed by atoms with van der Waals surface area (Å²) in [5.74, 6) is -0.365. The molecule has 2 aromatic rings. The lowest BCUT2D eigenvalue weighted by Gasteiger charge is -2.18. The summed E-state index contributed by atoms with van der Waals surface area (Å²) in [7, 11) is -3.53. The molecule has 0 aliphatic heterocycles. The number of hydrogen-bond donors (Lipinski definition) is 1. The maximum absolute atomic E-state index is 12.4. The van der Waals surface area contributed by atoms with Gasteiger partial charge in [-0.15, -0.1) is 0 Å². The third-order valence-electron chi connectivity index (χ3n) is 3.95. The number of benzene rings is 1. The van der Waals surface area contributed by atoms with Crippen LogP contribution in [0.15, 0.2) is 52.3 Å². The van der Waals surface area contributed by atoms with E-state index in [2.05, 4.69) is 5.32 Å². The van der Waals surface area contributed by atoms with E-state index in [1.165, 1.54) is 39.2 Å². The Bertz CT molecular complexity index is 930. The van der Waals surface area contributed by atoms with Crippen molar-refractivity contribution in [3.63, 3.8) is 0 Å². The Kier molecular flexibility index (Phi) is 6.33. The molecule has 2 rings (SSSR count). The van der Waals surface area contributed by atoms with Gasteiger partial charge in [0, 0.05) is 31.0 Å². The number of sulfonamides is 1. The number of carbonyl (C=O) groups excluding carboxylic acids is 1. The van der Waals surface area contributed by atoms with E-state index in [-0.39, 0.29) is 22.9 Å². The van der Waals surface area contributed by atoms with Crippen LogP contribution in [0.2, 0.25) is 0 Å². The minimum Gasteiger partial charge on any atom is -0.325 e. The average Bonchev–Trinajstić information content (AvgIpc) is 2.59. The summed E-state index contributed by atoms with van der Waals surface area (Å²) in [4.78, 5) is 24.1. The standard InChI is InChI=1S/C18H23N3O4S/c1-4-21(5-2)26(24,25)16-8-6-15(7-9-16)19-17(22)13-20-11-10-14(3)12-18(20)23/h6-12H,4-5,13H2,1-3H3,(H,19,22). The zero-order valence-corrected chi connectivity index (χ0v) is 15.9. The first-order valence-electron chi connectivity index (χ1n) is 8.35. The van der Waals surface area contributed by atoms with Crippen LogP contribution in [0.3, 0.4) is 0 Å². The summed E-state index contributed by atoms with van der Waals surface area (Å²) >= 11 is 0. The number of hydrogen-bond acceptors (Lipinski definition) is 4. The molecule has 0 spiro atoms. The zero-order chi connectivity index (χ0) is 19.3. The second-order valence-corrected chi connectivity index (χ2v) is 7.77. The molecule has 0 saturated carbocycles. The lowest BCUT2D eigenvalue weighted by molar-refractivity contribution is -0.116. The molecule has 1 aromatic carbocycles.